The Balaban J connectivity index is 1.32. The molecular formula is C20H16Cl2FN3O2. The third kappa shape index (κ3) is 2.87. The number of benzene rings is 2. The summed E-state index contributed by atoms with van der Waals surface area (Å²) >= 11 is 12.0. The van der Waals surface area contributed by atoms with E-state index in [1.54, 1.807) is 18.3 Å². The summed E-state index contributed by atoms with van der Waals surface area (Å²) < 4.78 is 13.5. The van der Waals surface area contributed by atoms with Crippen LogP contribution < -0.4 is 5.32 Å². The predicted octanol–water partition coefficient (Wildman–Crippen LogP) is 4.03. The maximum absolute atomic E-state index is 13.5. The molecule has 2 saturated carbocycles. The van der Waals surface area contributed by atoms with Gasteiger partial charge in [0.15, 0.2) is 0 Å². The fraction of sp³-hybridized carbons (Fsp3) is 0.300. The number of carbonyl (C=O) groups excluding carboxylic acids is 1. The Hall–Kier alpha value is -2.15. The normalized spacial score (nSPS) is 28.4. The van der Waals surface area contributed by atoms with E-state index in [9.17, 15) is 14.3 Å². The third-order valence-electron chi connectivity index (χ3n) is 5.93. The van der Waals surface area contributed by atoms with Gasteiger partial charge in [0.1, 0.15) is 5.82 Å². The van der Waals surface area contributed by atoms with Crippen molar-refractivity contribution in [2.75, 3.05) is 0 Å². The highest BCUT2D eigenvalue weighted by molar-refractivity contribution is 6.31. The molecule has 2 aromatic carbocycles. The van der Waals surface area contributed by atoms with Gasteiger partial charge in [-0.2, -0.15) is 5.10 Å². The van der Waals surface area contributed by atoms with Gasteiger partial charge in [0, 0.05) is 27.0 Å². The number of nitrogens with zero attached hydrogens (tertiary/aromatic N) is 1. The first-order valence-electron chi connectivity index (χ1n) is 8.96. The highest BCUT2D eigenvalue weighted by Crippen LogP contribution is 2.60. The Morgan fingerprint density at radius 2 is 1.89 bits per heavy atom. The van der Waals surface area contributed by atoms with Crippen molar-refractivity contribution in [3.05, 3.63) is 63.5 Å². The highest BCUT2D eigenvalue weighted by Gasteiger charge is 2.62. The van der Waals surface area contributed by atoms with Crippen LogP contribution in [0.25, 0.3) is 10.9 Å². The summed E-state index contributed by atoms with van der Waals surface area (Å²) in [5.41, 5.74) is 0.730. The number of aliphatic hydroxyl groups is 1. The zero-order valence-electron chi connectivity index (χ0n) is 14.5. The number of aromatic amines is 1. The number of H-pyrrole nitrogens is 1. The number of carbonyl (C=O) groups is 1. The standard InChI is InChI=1S/C20H16Cl2FN3O2/c21-10-1-9(2-12(23)3-10)19(27)25-18-13-6-20(28,7-14(13)18)16-4-11(22)5-17-15(16)8-24-26-17/h1-5,8,13-14,18,28H,6-7H2,(H,24,26)(H,25,27)/t13-,14+,18+,20-. The molecule has 5 nitrogen and oxygen atoms in total. The molecule has 4 atom stereocenters. The topological polar surface area (TPSA) is 78.0 Å². The van der Waals surface area contributed by atoms with Gasteiger partial charge in [-0.15, -0.1) is 0 Å². The lowest BCUT2D eigenvalue weighted by Gasteiger charge is -2.27. The van der Waals surface area contributed by atoms with Crippen LogP contribution >= 0.6 is 23.2 Å². The Bertz CT molecular complexity index is 1080. The van der Waals surface area contributed by atoms with Gasteiger partial charge in [-0.1, -0.05) is 23.2 Å². The van der Waals surface area contributed by atoms with Crippen LogP contribution in [0, 0.1) is 17.7 Å². The zero-order chi connectivity index (χ0) is 19.6. The lowest BCUT2D eigenvalue weighted by atomic mass is 9.86. The van der Waals surface area contributed by atoms with Crippen LogP contribution in [0.1, 0.15) is 28.8 Å². The molecule has 8 heteroatoms. The van der Waals surface area contributed by atoms with Gasteiger partial charge in [0.2, 0.25) is 0 Å². The maximum atomic E-state index is 13.5. The van der Waals surface area contributed by atoms with E-state index in [0.29, 0.717) is 17.9 Å². The summed E-state index contributed by atoms with van der Waals surface area (Å²) in [4.78, 5) is 12.4. The van der Waals surface area contributed by atoms with E-state index in [0.717, 1.165) is 28.6 Å². The molecule has 0 radical (unpaired) electrons. The van der Waals surface area contributed by atoms with Crippen molar-refractivity contribution in [1.29, 1.82) is 0 Å². The Labute approximate surface area is 169 Å². The molecule has 0 unspecified atom stereocenters. The zero-order valence-corrected chi connectivity index (χ0v) is 16.1. The van der Waals surface area contributed by atoms with Gasteiger partial charge < -0.3 is 10.4 Å². The van der Waals surface area contributed by atoms with Gasteiger partial charge in [-0.05, 0) is 60.6 Å². The molecule has 2 aliphatic rings. The molecule has 0 saturated heterocycles. The van der Waals surface area contributed by atoms with E-state index in [1.807, 2.05) is 0 Å². The molecule has 1 amide bonds. The average molecular weight is 420 g/mol. The lowest BCUT2D eigenvalue weighted by Crippen LogP contribution is -2.33. The number of hydrogen-bond donors (Lipinski definition) is 3. The molecule has 2 aliphatic carbocycles. The van der Waals surface area contributed by atoms with Crippen molar-refractivity contribution in [2.24, 2.45) is 11.8 Å². The molecule has 1 heterocycles. The molecular weight excluding hydrogens is 404 g/mol. The van der Waals surface area contributed by atoms with Crippen LogP contribution in [0.3, 0.4) is 0 Å². The summed E-state index contributed by atoms with van der Waals surface area (Å²) in [7, 11) is 0. The van der Waals surface area contributed by atoms with Crippen molar-refractivity contribution in [3.8, 4) is 0 Å². The molecule has 0 aliphatic heterocycles. The monoisotopic (exact) mass is 419 g/mol. The minimum Gasteiger partial charge on any atom is -0.385 e. The molecule has 1 aromatic heterocycles. The predicted molar refractivity (Wildman–Crippen MR) is 104 cm³/mol. The number of halogens is 3. The second kappa shape index (κ2) is 6.17. The van der Waals surface area contributed by atoms with Crippen LogP contribution in [0.15, 0.2) is 36.5 Å². The number of hydrogen-bond acceptors (Lipinski definition) is 3. The lowest BCUT2D eigenvalue weighted by molar-refractivity contribution is 0.0293. The second-order valence-corrected chi connectivity index (χ2v) is 8.58. The fourth-order valence-electron chi connectivity index (χ4n) is 4.62. The molecule has 0 bridgehead atoms. The number of fused-ring (bicyclic) bond motifs is 2. The van der Waals surface area contributed by atoms with Crippen LogP contribution in [-0.2, 0) is 5.60 Å². The van der Waals surface area contributed by atoms with E-state index in [4.69, 9.17) is 23.2 Å². The van der Waals surface area contributed by atoms with Crippen molar-refractivity contribution in [2.45, 2.75) is 24.5 Å². The summed E-state index contributed by atoms with van der Waals surface area (Å²) in [5.74, 6) is -0.574. The first-order valence-corrected chi connectivity index (χ1v) is 9.72. The molecule has 5 rings (SSSR count). The van der Waals surface area contributed by atoms with Crippen molar-refractivity contribution >= 4 is 40.0 Å². The van der Waals surface area contributed by atoms with Gasteiger partial charge in [-0.3, -0.25) is 9.89 Å². The summed E-state index contributed by atoms with van der Waals surface area (Å²) in [6, 6.07) is 7.29. The Morgan fingerprint density at radius 1 is 1.18 bits per heavy atom. The van der Waals surface area contributed by atoms with Crippen LogP contribution in [0.2, 0.25) is 10.0 Å². The van der Waals surface area contributed by atoms with Gasteiger partial charge >= 0.3 is 0 Å². The summed E-state index contributed by atoms with van der Waals surface area (Å²) in [6.45, 7) is 0. The quantitative estimate of drug-likeness (QED) is 0.599. The molecule has 3 aromatic rings. The van der Waals surface area contributed by atoms with E-state index in [2.05, 4.69) is 15.5 Å². The number of amides is 1. The first-order chi connectivity index (χ1) is 13.3. The summed E-state index contributed by atoms with van der Waals surface area (Å²) in [6.07, 6.45) is 2.73. The van der Waals surface area contributed by atoms with Crippen molar-refractivity contribution in [1.82, 2.24) is 15.5 Å². The average Bonchev–Trinajstić information content (AvgIpc) is 3.00. The summed E-state index contributed by atoms with van der Waals surface area (Å²) in [5, 5.41) is 22.7. The number of rotatable bonds is 3. The highest BCUT2D eigenvalue weighted by atomic mass is 35.5. The van der Waals surface area contributed by atoms with Crippen molar-refractivity contribution < 1.29 is 14.3 Å². The minimum absolute atomic E-state index is 0.0335. The molecule has 28 heavy (non-hydrogen) atoms. The Kier molecular flexibility index (Phi) is 3.95. The fourth-order valence-corrected chi connectivity index (χ4v) is 5.06. The first kappa shape index (κ1) is 17.9. The molecule has 0 spiro atoms. The smallest absolute Gasteiger partial charge is 0.251 e. The largest absolute Gasteiger partial charge is 0.385 e. The van der Waals surface area contributed by atoms with Crippen LogP contribution in [0.5, 0.6) is 0 Å². The number of aromatic nitrogens is 2. The molecule has 144 valence electrons. The minimum atomic E-state index is -1.01. The van der Waals surface area contributed by atoms with Crippen LogP contribution in [-0.4, -0.2) is 27.3 Å². The van der Waals surface area contributed by atoms with Gasteiger partial charge in [0.25, 0.3) is 5.91 Å². The van der Waals surface area contributed by atoms with E-state index in [-0.39, 0.29) is 34.4 Å². The SMILES string of the molecule is O=C(N[C@H]1[C@@H]2C[C@](O)(c3cc(Cl)cc4[nH]ncc34)C[C@@H]21)c1cc(F)cc(Cl)c1. The van der Waals surface area contributed by atoms with Crippen LogP contribution in [0.4, 0.5) is 4.39 Å². The molecule has 2 fully saturated rings. The Morgan fingerprint density at radius 3 is 2.61 bits per heavy atom. The van der Waals surface area contributed by atoms with Gasteiger partial charge in [-0.25, -0.2) is 4.39 Å². The van der Waals surface area contributed by atoms with E-state index < -0.39 is 11.4 Å². The molecule has 3 N–H and O–H groups in total. The van der Waals surface area contributed by atoms with E-state index in [1.165, 1.54) is 6.07 Å². The van der Waals surface area contributed by atoms with Gasteiger partial charge in [0.05, 0.1) is 17.3 Å². The van der Waals surface area contributed by atoms with Crippen molar-refractivity contribution in [3.63, 3.8) is 0 Å². The second-order valence-electron chi connectivity index (χ2n) is 7.71. The number of nitrogens with one attached hydrogen (secondary N) is 2. The third-order valence-corrected chi connectivity index (χ3v) is 6.36. The maximum Gasteiger partial charge on any atom is 0.251 e. The van der Waals surface area contributed by atoms with E-state index >= 15 is 0 Å².